The van der Waals surface area contributed by atoms with Crippen molar-refractivity contribution < 1.29 is 28.5 Å². The summed E-state index contributed by atoms with van der Waals surface area (Å²) in [6.07, 6.45) is -0.722. The van der Waals surface area contributed by atoms with Crippen LogP contribution in [0.5, 0.6) is 17.2 Å². The summed E-state index contributed by atoms with van der Waals surface area (Å²) in [6.45, 7) is 2.35. The van der Waals surface area contributed by atoms with Gasteiger partial charge in [-0.3, -0.25) is 4.79 Å². The highest BCUT2D eigenvalue weighted by Gasteiger charge is 2.18. The highest BCUT2D eigenvalue weighted by atomic mass is 35.5. The lowest BCUT2D eigenvalue weighted by Crippen LogP contribution is -2.07. The Morgan fingerprint density at radius 1 is 1.06 bits per heavy atom. The Balaban J connectivity index is 1.76. The van der Waals surface area contributed by atoms with Gasteiger partial charge in [0.05, 0.1) is 37.6 Å². The van der Waals surface area contributed by atoms with Crippen molar-refractivity contribution in [3.8, 4) is 28.5 Å². The molecule has 0 saturated heterocycles. The molecule has 33 heavy (non-hydrogen) atoms. The van der Waals surface area contributed by atoms with Crippen LogP contribution in [0.25, 0.3) is 11.3 Å². The lowest BCUT2D eigenvalue weighted by molar-refractivity contribution is 0.0937. The SMILES string of the molecule is CCOc1ccc(C(=O)CCC(O)c2ccc(OC)c(-c3ccc(F)c(Cl)c3)n2)cc1OC. The van der Waals surface area contributed by atoms with Crippen molar-refractivity contribution in [1.29, 1.82) is 0 Å². The molecule has 1 atom stereocenters. The van der Waals surface area contributed by atoms with Gasteiger partial charge in [0, 0.05) is 17.5 Å². The zero-order valence-corrected chi connectivity index (χ0v) is 19.4. The van der Waals surface area contributed by atoms with E-state index in [1.54, 1.807) is 30.3 Å². The number of rotatable bonds is 10. The number of carbonyl (C=O) groups is 1. The fourth-order valence-electron chi connectivity index (χ4n) is 3.34. The van der Waals surface area contributed by atoms with Gasteiger partial charge in [0.2, 0.25) is 0 Å². The number of nitrogens with zero attached hydrogens (tertiary/aromatic N) is 1. The number of aromatic nitrogens is 1. The van der Waals surface area contributed by atoms with Gasteiger partial charge in [-0.1, -0.05) is 11.6 Å². The lowest BCUT2D eigenvalue weighted by Gasteiger charge is -2.14. The van der Waals surface area contributed by atoms with E-state index in [1.165, 1.54) is 32.4 Å². The molecule has 0 aliphatic heterocycles. The lowest BCUT2D eigenvalue weighted by atomic mass is 10.0. The number of carbonyl (C=O) groups excluding carboxylic acids is 1. The summed E-state index contributed by atoms with van der Waals surface area (Å²) in [5.41, 5.74) is 1.79. The molecule has 1 aromatic heterocycles. The second-order valence-electron chi connectivity index (χ2n) is 7.19. The molecule has 0 aliphatic carbocycles. The van der Waals surface area contributed by atoms with Crippen molar-refractivity contribution in [3.05, 3.63) is 70.6 Å². The number of ether oxygens (including phenoxy) is 3. The Morgan fingerprint density at radius 3 is 2.45 bits per heavy atom. The Hall–Kier alpha value is -3.16. The van der Waals surface area contributed by atoms with E-state index in [4.69, 9.17) is 25.8 Å². The fourth-order valence-corrected chi connectivity index (χ4v) is 3.52. The maximum Gasteiger partial charge on any atom is 0.163 e. The molecule has 0 amide bonds. The number of aliphatic hydroxyl groups excluding tert-OH is 1. The normalized spacial score (nSPS) is 11.7. The number of ketones is 1. The first kappa shape index (κ1) is 24.5. The van der Waals surface area contributed by atoms with Crippen molar-refractivity contribution in [1.82, 2.24) is 4.98 Å². The van der Waals surface area contributed by atoms with Crippen LogP contribution in [-0.2, 0) is 0 Å². The monoisotopic (exact) mass is 473 g/mol. The summed E-state index contributed by atoms with van der Waals surface area (Å²) in [5.74, 6) is 0.802. The molecule has 3 rings (SSSR count). The molecule has 0 fully saturated rings. The molecule has 3 aromatic rings. The Morgan fingerprint density at radius 2 is 1.79 bits per heavy atom. The van der Waals surface area contributed by atoms with E-state index in [1.807, 2.05) is 6.92 Å². The number of aliphatic hydroxyl groups is 1. The van der Waals surface area contributed by atoms with Crippen molar-refractivity contribution in [3.63, 3.8) is 0 Å². The molecule has 0 saturated carbocycles. The number of halogens is 2. The topological polar surface area (TPSA) is 77.9 Å². The second kappa shape index (κ2) is 11.1. The predicted octanol–water partition coefficient (Wildman–Crippen LogP) is 5.65. The van der Waals surface area contributed by atoms with Crippen LogP contribution in [-0.4, -0.2) is 36.7 Å². The van der Waals surface area contributed by atoms with Crippen molar-refractivity contribution in [2.45, 2.75) is 25.9 Å². The highest BCUT2D eigenvalue weighted by Crippen LogP contribution is 2.33. The van der Waals surface area contributed by atoms with Crippen LogP contribution < -0.4 is 14.2 Å². The van der Waals surface area contributed by atoms with Crippen LogP contribution in [0.4, 0.5) is 4.39 Å². The first-order chi connectivity index (χ1) is 15.9. The van der Waals surface area contributed by atoms with Gasteiger partial charge in [-0.25, -0.2) is 9.37 Å². The van der Waals surface area contributed by atoms with Gasteiger partial charge in [-0.15, -0.1) is 0 Å². The third-order valence-electron chi connectivity index (χ3n) is 5.06. The number of Topliss-reactive ketones (excluding diaryl/α,β-unsaturated/α-hetero) is 1. The van der Waals surface area contributed by atoms with Gasteiger partial charge in [0.15, 0.2) is 17.3 Å². The van der Waals surface area contributed by atoms with E-state index >= 15 is 0 Å². The maximum absolute atomic E-state index is 13.6. The molecule has 0 radical (unpaired) electrons. The van der Waals surface area contributed by atoms with Crippen LogP contribution in [0.1, 0.15) is 41.9 Å². The van der Waals surface area contributed by atoms with E-state index in [0.29, 0.717) is 46.4 Å². The van der Waals surface area contributed by atoms with E-state index in [-0.39, 0.29) is 23.6 Å². The average Bonchev–Trinajstić information content (AvgIpc) is 2.84. The summed E-state index contributed by atoms with van der Waals surface area (Å²) in [6, 6.07) is 12.5. The third kappa shape index (κ3) is 5.80. The van der Waals surface area contributed by atoms with Crippen molar-refractivity contribution in [2.75, 3.05) is 20.8 Å². The van der Waals surface area contributed by atoms with Crippen LogP contribution in [0, 0.1) is 5.82 Å². The number of hydrogen-bond acceptors (Lipinski definition) is 6. The molecular formula is C25H25ClFNO5. The zero-order chi connectivity index (χ0) is 24.0. The van der Waals surface area contributed by atoms with Crippen molar-refractivity contribution in [2.24, 2.45) is 0 Å². The first-order valence-electron chi connectivity index (χ1n) is 10.4. The van der Waals surface area contributed by atoms with Crippen LogP contribution in [0.3, 0.4) is 0 Å². The molecular weight excluding hydrogens is 449 g/mol. The molecule has 6 nitrogen and oxygen atoms in total. The van der Waals surface area contributed by atoms with E-state index in [0.717, 1.165) is 0 Å². The van der Waals surface area contributed by atoms with Crippen LogP contribution >= 0.6 is 11.6 Å². The summed E-state index contributed by atoms with van der Waals surface area (Å²) < 4.78 is 29.7. The third-order valence-corrected chi connectivity index (χ3v) is 5.35. The van der Waals surface area contributed by atoms with Gasteiger partial charge in [-0.05, 0) is 61.9 Å². The first-order valence-corrected chi connectivity index (χ1v) is 10.8. The number of methoxy groups -OCH3 is 2. The minimum Gasteiger partial charge on any atom is -0.494 e. The van der Waals surface area contributed by atoms with E-state index in [9.17, 15) is 14.3 Å². The molecule has 0 spiro atoms. The summed E-state index contributed by atoms with van der Waals surface area (Å²) in [5, 5.41) is 10.6. The second-order valence-corrected chi connectivity index (χ2v) is 7.60. The largest absolute Gasteiger partial charge is 0.494 e. The fraction of sp³-hybridized carbons (Fsp3) is 0.280. The highest BCUT2D eigenvalue weighted by molar-refractivity contribution is 6.31. The number of benzene rings is 2. The zero-order valence-electron chi connectivity index (χ0n) is 18.6. The molecule has 0 bridgehead atoms. The van der Waals surface area contributed by atoms with Gasteiger partial charge in [-0.2, -0.15) is 0 Å². The standard InChI is InChI=1S/C25H25ClFNO5/c1-4-33-22-11-6-15(14-24(22)32-3)20(29)9-10-21(30)19-8-12-23(31-2)25(28-19)16-5-7-18(27)17(26)13-16/h5-8,11-14,21,30H,4,9-10H2,1-3H3. The van der Waals surface area contributed by atoms with Gasteiger partial charge in [0.25, 0.3) is 0 Å². The Bertz CT molecular complexity index is 1140. The summed E-state index contributed by atoms with van der Waals surface area (Å²) in [4.78, 5) is 17.2. The minimum atomic E-state index is -0.987. The van der Waals surface area contributed by atoms with Gasteiger partial charge in [0.1, 0.15) is 17.3 Å². The van der Waals surface area contributed by atoms with E-state index in [2.05, 4.69) is 4.98 Å². The molecule has 2 aromatic carbocycles. The summed E-state index contributed by atoms with van der Waals surface area (Å²) in [7, 11) is 3.00. The molecule has 174 valence electrons. The van der Waals surface area contributed by atoms with E-state index < -0.39 is 11.9 Å². The summed E-state index contributed by atoms with van der Waals surface area (Å²) >= 11 is 5.91. The average molecular weight is 474 g/mol. The Kier molecular flexibility index (Phi) is 8.25. The molecule has 1 N–H and O–H groups in total. The molecule has 0 aliphatic rings. The van der Waals surface area contributed by atoms with Crippen LogP contribution in [0.2, 0.25) is 5.02 Å². The molecule has 1 unspecified atom stereocenters. The molecule has 8 heteroatoms. The minimum absolute atomic E-state index is 0.0429. The number of pyridine rings is 1. The number of hydrogen-bond donors (Lipinski definition) is 1. The van der Waals surface area contributed by atoms with Crippen molar-refractivity contribution >= 4 is 17.4 Å². The Labute approximate surface area is 196 Å². The van der Waals surface area contributed by atoms with Crippen LogP contribution in [0.15, 0.2) is 48.5 Å². The molecule has 1 heterocycles. The quantitative estimate of drug-likeness (QED) is 0.383. The smallest absolute Gasteiger partial charge is 0.163 e. The predicted molar refractivity (Wildman–Crippen MR) is 124 cm³/mol. The maximum atomic E-state index is 13.6. The van der Waals surface area contributed by atoms with Gasteiger partial charge >= 0.3 is 0 Å². The van der Waals surface area contributed by atoms with Gasteiger partial charge < -0.3 is 19.3 Å².